The highest BCUT2D eigenvalue weighted by Gasteiger charge is 2.30. The van der Waals surface area contributed by atoms with Gasteiger partial charge < -0.3 is 4.74 Å². The van der Waals surface area contributed by atoms with Crippen molar-refractivity contribution >= 4 is 28.0 Å². The van der Waals surface area contributed by atoms with Crippen LogP contribution in [0.15, 0.2) is 17.3 Å². The van der Waals surface area contributed by atoms with Crippen LogP contribution in [0.3, 0.4) is 0 Å². The molecule has 11 nitrogen and oxygen atoms in total. The lowest BCUT2D eigenvalue weighted by atomic mass is 10.4. The first kappa shape index (κ1) is 19.3. The summed E-state index contributed by atoms with van der Waals surface area (Å²) in [4.78, 5) is 31.9. The van der Waals surface area contributed by atoms with E-state index in [1.54, 1.807) is 31.6 Å². The number of nitrogens with one attached hydrogen (secondary N) is 2. The molecule has 0 bridgehead atoms. The molecule has 2 amide bonds. The average molecular weight is 382 g/mol. The van der Waals surface area contributed by atoms with Crippen molar-refractivity contribution in [2.24, 2.45) is 7.05 Å². The number of ether oxygens (including phenoxy) is 1. The first-order valence-electron chi connectivity index (χ1n) is 7.49. The molecule has 0 radical (unpaired) electrons. The first-order chi connectivity index (χ1) is 12.1. The van der Waals surface area contributed by atoms with Crippen LogP contribution < -0.4 is 10.0 Å². The lowest BCUT2D eigenvalue weighted by Gasteiger charge is -2.10. The maximum absolute atomic E-state index is 12.5. The molecule has 2 aromatic rings. The third-order valence-electron chi connectivity index (χ3n) is 3.07. The van der Waals surface area contributed by atoms with E-state index >= 15 is 0 Å². The van der Waals surface area contributed by atoms with Crippen LogP contribution in [0.25, 0.3) is 0 Å². The van der Waals surface area contributed by atoms with Gasteiger partial charge in [-0.25, -0.2) is 24.3 Å². The molecule has 2 N–H and O–H groups in total. The first-order valence-corrected chi connectivity index (χ1v) is 8.97. The Labute approximate surface area is 149 Å². The minimum atomic E-state index is -4.40. The molecule has 2 heterocycles. The lowest BCUT2D eigenvalue weighted by molar-refractivity contribution is 0.0521. The highest BCUT2D eigenvalue weighted by molar-refractivity contribution is 7.90. The molecule has 2 rings (SSSR count). The summed E-state index contributed by atoms with van der Waals surface area (Å²) in [6.45, 7) is 5.05. The molecule has 0 aliphatic carbocycles. The van der Waals surface area contributed by atoms with Crippen LogP contribution in [0.4, 0.5) is 10.7 Å². The number of sulfonamides is 1. The molecule has 140 valence electrons. The molecule has 0 fully saturated rings. The van der Waals surface area contributed by atoms with Gasteiger partial charge in [0.25, 0.3) is 10.0 Å². The van der Waals surface area contributed by atoms with Crippen molar-refractivity contribution in [2.45, 2.75) is 25.8 Å². The number of hydrogen-bond acceptors (Lipinski definition) is 8. The third-order valence-corrected chi connectivity index (χ3v) is 4.52. The molecule has 0 aromatic carbocycles. The normalized spacial score (nSPS) is 11.1. The van der Waals surface area contributed by atoms with Gasteiger partial charge in [0.2, 0.25) is 5.95 Å². The molecule has 0 spiro atoms. The van der Waals surface area contributed by atoms with Gasteiger partial charge in [-0.2, -0.15) is 13.5 Å². The zero-order chi connectivity index (χ0) is 19.5. The Hall–Kier alpha value is -3.02. The number of esters is 1. The van der Waals surface area contributed by atoms with Crippen molar-refractivity contribution in [3.63, 3.8) is 0 Å². The molecule has 0 saturated carbocycles. The summed E-state index contributed by atoms with van der Waals surface area (Å²) in [7, 11) is -3.08. The number of carbonyl (C=O) groups excluding carboxylic acids is 2. The van der Waals surface area contributed by atoms with Gasteiger partial charge in [-0.3, -0.25) is 10.00 Å². The van der Waals surface area contributed by atoms with Gasteiger partial charge in [0, 0.05) is 18.4 Å². The van der Waals surface area contributed by atoms with Crippen molar-refractivity contribution in [1.82, 2.24) is 24.5 Å². The minimum Gasteiger partial charge on any atom is -0.462 e. The van der Waals surface area contributed by atoms with Crippen molar-refractivity contribution in [2.75, 3.05) is 11.9 Å². The van der Waals surface area contributed by atoms with E-state index in [1.165, 1.54) is 7.05 Å². The predicted molar refractivity (Wildman–Crippen MR) is 90.0 cm³/mol. The zero-order valence-electron chi connectivity index (χ0n) is 14.6. The fourth-order valence-electron chi connectivity index (χ4n) is 2.17. The zero-order valence-corrected chi connectivity index (χ0v) is 15.4. The van der Waals surface area contributed by atoms with E-state index in [9.17, 15) is 18.0 Å². The van der Waals surface area contributed by atoms with Gasteiger partial charge in [0.1, 0.15) is 5.56 Å². The highest BCUT2D eigenvalue weighted by Crippen LogP contribution is 2.16. The summed E-state index contributed by atoms with van der Waals surface area (Å²) < 4.78 is 32.5. The summed E-state index contributed by atoms with van der Waals surface area (Å²) in [5.74, 6) is -0.912. The number of carbonyl (C=O) groups is 2. The summed E-state index contributed by atoms with van der Waals surface area (Å²) in [5.41, 5.74) is 0.927. The van der Waals surface area contributed by atoms with Crippen LogP contribution in [-0.2, 0) is 21.8 Å². The Balaban J connectivity index is 2.24. The second-order valence-corrected chi connectivity index (χ2v) is 6.84. The van der Waals surface area contributed by atoms with Crippen molar-refractivity contribution in [1.29, 1.82) is 0 Å². The smallest absolute Gasteiger partial charge is 0.342 e. The quantitative estimate of drug-likeness (QED) is 0.712. The number of nitrogens with zero attached hydrogens (tertiary/aromatic N) is 4. The second kappa shape index (κ2) is 7.47. The largest absolute Gasteiger partial charge is 0.462 e. The van der Waals surface area contributed by atoms with Gasteiger partial charge in [0.15, 0.2) is 5.03 Å². The number of urea groups is 1. The summed E-state index contributed by atoms with van der Waals surface area (Å²) >= 11 is 0. The van der Waals surface area contributed by atoms with Crippen LogP contribution in [0.1, 0.15) is 28.7 Å². The third kappa shape index (κ3) is 4.33. The van der Waals surface area contributed by atoms with E-state index in [-0.39, 0.29) is 18.1 Å². The van der Waals surface area contributed by atoms with Gasteiger partial charge in [-0.1, -0.05) is 0 Å². The van der Waals surface area contributed by atoms with E-state index in [4.69, 9.17) is 4.74 Å². The maximum Gasteiger partial charge on any atom is 0.342 e. The average Bonchev–Trinajstić information content (AvgIpc) is 2.88. The summed E-state index contributed by atoms with van der Waals surface area (Å²) in [6, 6.07) is 0.618. The van der Waals surface area contributed by atoms with E-state index in [0.29, 0.717) is 11.4 Å². The van der Waals surface area contributed by atoms with Gasteiger partial charge >= 0.3 is 12.0 Å². The Morgan fingerprint density at radius 2 is 1.85 bits per heavy atom. The standard InChI is InChI=1S/C14H18N6O5S/c1-5-25-12(21)10-7-15-20(4)11(10)26(23,24)19-14(22)18-13-16-8(2)6-9(3)17-13/h6-7H,5H2,1-4H3,(H2,16,17,18,19,22). The number of amides is 2. The molecule has 12 heteroatoms. The van der Waals surface area contributed by atoms with Gasteiger partial charge in [-0.15, -0.1) is 0 Å². The van der Waals surface area contributed by atoms with Crippen molar-refractivity contribution in [3.05, 3.63) is 29.2 Å². The summed E-state index contributed by atoms with van der Waals surface area (Å²) in [6.07, 6.45) is 1.05. The SMILES string of the molecule is CCOC(=O)c1cnn(C)c1S(=O)(=O)NC(=O)Nc1nc(C)cc(C)n1. The molecule has 0 saturated heterocycles. The molecular formula is C14H18N6O5S. The van der Waals surface area contributed by atoms with Gasteiger partial charge in [0.05, 0.1) is 12.8 Å². The van der Waals surface area contributed by atoms with E-state index in [0.717, 1.165) is 10.9 Å². The van der Waals surface area contributed by atoms with Crippen molar-refractivity contribution < 1.29 is 22.7 Å². The molecule has 0 unspecified atom stereocenters. The van der Waals surface area contributed by atoms with Crippen LogP contribution in [-0.4, -0.2) is 46.8 Å². The Morgan fingerprint density at radius 1 is 1.23 bits per heavy atom. The topological polar surface area (TPSA) is 145 Å². The number of aromatic nitrogens is 4. The lowest BCUT2D eigenvalue weighted by Crippen LogP contribution is -2.36. The Bertz CT molecular complexity index is 932. The second-order valence-electron chi connectivity index (χ2n) is 5.24. The highest BCUT2D eigenvalue weighted by atomic mass is 32.2. The molecule has 26 heavy (non-hydrogen) atoms. The van der Waals surface area contributed by atoms with Crippen LogP contribution >= 0.6 is 0 Å². The fourth-order valence-corrected chi connectivity index (χ4v) is 3.39. The van der Waals surface area contributed by atoms with Crippen LogP contribution in [0.2, 0.25) is 0 Å². The minimum absolute atomic E-state index is 0.0502. The maximum atomic E-state index is 12.5. The summed E-state index contributed by atoms with van der Waals surface area (Å²) in [5, 5.41) is 5.49. The molecule has 0 aliphatic heterocycles. The number of aryl methyl sites for hydroxylation is 3. The van der Waals surface area contributed by atoms with Crippen molar-refractivity contribution in [3.8, 4) is 0 Å². The Kier molecular flexibility index (Phi) is 5.55. The number of rotatable bonds is 5. The van der Waals surface area contributed by atoms with E-state index in [2.05, 4.69) is 20.4 Å². The van der Waals surface area contributed by atoms with Crippen LogP contribution in [0, 0.1) is 13.8 Å². The van der Waals surface area contributed by atoms with E-state index < -0.39 is 27.0 Å². The van der Waals surface area contributed by atoms with Gasteiger partial charge in [-0.05, 0) is 26.8 Å². The number of anilines is 1. The van der Waals surface area contributed by atoms with Crippen LogP contribution in [0.5, 0.6) is 0 Å². The molecule has 2 aromatic heterocycles. The molecular weight excluding hydrogens is 364 g/mol. The Morgan fingerprint density at radius 3 is 2.42 bits per heavy atom. The molecule has 0 atom stereocenters. The monoisotopic (exact) mass is 382 g/mol. The fraction of sp³-hybridized carbons (Fsp3) is 0.357. The molecule has 0 aliphatic rings. The predicted octanol–water partition coefficient (Wildman–Crippen LogP) is 0.514. The number of hydrogen-bond donors (Lipinski definition) is 2. The van der Waals surface area contributed by atoms with E-state index in [1.807, 2.05) is 0 Å².